The minimum atomic E-state index is -4.86. The molecule has 0 saturated carbocycles. The van der Waals surface area contributed by atoms with E-state index in [-0.39, 0.29) is 56.9 Å². The molecular formula is C25H22ClF3N6O4S2. The highest BCUT2D eigenvalue weighted by Crippen LogP contribution is 2.42. The number of aromatic nitrogens is 2. The number of hydrogen-bond acceptors (Lipinski definition) is 9. The van der Waals surface area contributed by atoms with Crippen molar-refractivity contribution < 1.29 is 31.2 Å². The van der Waals surface area contributed by atoms with E-state index in [1.165, 1.54) is 4.90 Å². The molecule has 16 heteroatoms. The number of thiophene rings is 1. The van der Waals surface area contributed by atoms with Crippen LogP contribution in [-0.4, -0.2) is 66.5 Å². The van der Waals surface area contributed by atoms with Crippen LogP contribution in [0.4, 0.5) is 24.8 Å². The Balaban J connectivity index is 1.51. The van der Waals surface area contributed by atoms with Crippen LogP contribution in [0.1, 0.15) is 32.8 Å². The number of carbonyl (C=O) groups excluding carboxylic acids is 2. The number of halogens is 4. The van der Waals surface area contributed by atoms with Crippen LogP contribution in [0.5, 0.6) is 0 Å². The number of rotatable bonds is 0. The van der Waals surface area contributed by atoms with Crippen molar-refractivity contribution in [2.24, 2.45) is 0 Å². The van der Waals surface area contributed by atoms with Gasteiger partial charge in [-0.2, -0.15) is 13.2 Å². The average molecular weight is 627 g/mol. The van der Waals surface area contributed by atoms with Gasteiger partial charge in [0.15, 0.2) is 9.84 Å². The molecule has 0 saturated heterocycles. The van der Waals surface area contributed by atoms with Gasteiger partial charge in [0, 0.05) is 32.4 Å². The second-order valence-electron chi connectivity index (χ2n) is 9.88. The van der Waals surface area contributed by atoms with Crippen LogP contribution in [0.25, 0.3) is 10.6 Å². The van der Waals surface area contributed by atoms with Crippen LogP contribution in [0.3, 0.4) is 0 Å². The lowest BCUT2D eigenvalue weighted by molar-refractivity contribution is -0.137. The maximum absolute atomic E-state index is 14.0. The quantitative estimate of drug-likeness (QED) is 0.346. The maximum Gasteiger partial charge on any atom is 0.420 e. The zero-order valence-electron chi connectivity index (χ0n) is 21.1. The summed E-state index contributed by atoms with van der Waals surface area (Å²) in [6.07, 6.45) is -3.55. The number of benzene rings is 1. The van der Waals surface area contributed by atoms with E-state index in [2.05, 4.69) is 25.9 Å². The highest BCUT2D eigenvalue weighted by atomic mass is 35.5. The minimum absolute atomic E-state index is 0.0788. The number of anilines is 2. The minimum Gasteiger partial charge on any atom is -0.355 e. The van der Waals surface area contributed by atoms with Crippen molar-refractivity contribution in [3.05, 3.63) is 51.0 Å². The van der Waals surface area contributed by atoms with Crippen LogP contribution >= 0.6 is 22.9 Å². The summed E-state index contributed by atoms with van der Waals surface area (Å²) in [7, 11) is -3.98. The Kier molecular flexibility index (Phi) is 6.95. The average Bonchev–Trinajstić information content (AvgIpc) is 3.35. The topological polar surface area (TPSA) is 133 Å². The van der Waals surface area contributed by atoms with E-state index >= 15 is 0 Å². The molecule has 1 unspecified atom stereocenters. The van der Waals surface area contributed by atoms with Crippen LogP contribution in [-0.2, 0) is 33.8 Å². The number of amides is 2. The van der Waals surface area contributed by atoms with Gasteiger partial charge in [0.1, 0.15) is 10.4 Å². The van der Waals surface area contributed by atoms with Crippen LogP contribution in [0, 0.1) is 0 Å². The summed E-state index contributed by atoms with van der Waals surface area (Å²) >= 11 is 7.10. The largest absolute Gasteiger partial charge is 0.420 e. The number of alkyl halides is 3. The van der Waals surface area contributed by atoms with Gasteiger partial charge in [0.05, 0.1) is 38.0 Å². The Morgan fingerprint density at radius 3 is 2.71 bits per heavy atom. The lowest BCUT2D eigenvalue weighted by Gasteiger charge is -2.26. The van der Waals surface area contributed by atoms with Crippen molar-refractivity contribution in [3.8, 4) is 10.6 Å². The van der Waals surface area contributed by atoms with E-state index in [4.69, 9.17) is 11.6 Å². The second kappa shape index (κ2) is 10.2. The standard InChI is InChI=1S/C25H22ClF3N6O4S2/c26-15-6-13-10-31-17-8-12(13)7-16(15)33-24-32-11-14(25(27,28)29)20(34-24)18-9-19-21(40-18)23(37)35(4-5-41(19,38)39)3-1-2-30-22(17)36/h6-7,9,11,17,31H,1-5,8,10H2,(H,30,36)(H,32,33,34). The van der Waals surface area contributed by atoms with Crippen LogP contribution in [0.15, 0.2) is 29.3 Å². The van der Waals surface area contributed by atoms with Crippen molar-refractivity contribution in [2.45, 2.75) is 36.5 Å². The highest BCUT2D eigenvalue weighted by molar-refractivity contribution is 7.91. The molecule has 1 atom stereocenters. The maximum atomic E-state index is 14.0. The Morgan fingerprint density at radius 1 is 1.12 bits per heavy atom. The fourth-order valence-corrected chi connectivity index (χ4v) is 8.24. The molecule has 2 aromatic heterocycles. The number of hydrogen-bond donors (Lipinski definition) is 3. The molecule has 0 aliphatic carbocycles. The van der Waals surface area contributed by atoms with Crippen LogP contribution < -0.4 is 16.0 Å². The fraction of sp³-hybridized carbons (Fsp3) is 0.360. The molecule has 1 aromatic carbocycles. The summed E-state index contributed by atoms with van der Waals surface area (Å²) in [5.41, 5.74) is 0.277. The third-order valence-corrected chi connectivity index (χ3v) is 10.5. The van der Waals surface area contributed by atoms with Gasteiger partial charge in [-0.1, -0.05) is 11.6 Å². The van der Waals surface area contributed by atoms with Gasteiger partial charge < -0.3 is 20.9 Å². The van der Waals surface area contributed by atoms with Gasteiger partial charge in [0.25, 0.3) is 5.91 Å². The van der Waals surface area contributed by atoms with Crippen molar-refractivity contribution in [1.82, 2.24) is 25.5 Å². The Hall–Kier alpha value is -3.27. The van der Waals surface area contributed by atoms with Crippen molar-refractivity contribution in [3.63, 3.8) is 0 Å². The van der Waals surface area contributed by atoms with Gasteiger partial charge in [-0.05, 0) is 42.2 Å². The Bertz CT molecular complexity index is 1690. The second-order valence-corrected chi connectivity index (χ2v) is 13.4. The highest BCUT2D eigenvalue weighted by Gasteiger charge is 2.39. The van der Waals surface area contributed by atoms with E-state index in [9.17, 15) is 31.2 Å². The molecule has 6 rings (SSSR count). The molecular weight excluding hydrogens is 605 g/mol. The fourth-order valence-electron chi connectivity index (χ4n) is 5.05. The number of nitrogens with zero attached hydrogens (tertiary/aromatic N) is 3. The number of nitrogens with one attached hydrogen (secondary N) is 3. The molecule has 5 heterocycles. The predicted molar refractivity (Wildman–Crippen MR) is 145 cm³/mol. The zero-order valence-corrected chi connectivity index (χ0v) is 23.5. The van der Waals surface area contributed by atoms with Gasteiger partial charge in [-0.3, -0.25) is 9.59 Å². The number of fused-ring (bicyclic) bond motifs is 7. The first-order valence-electron chi connectivity index (χ1n) is 12.6. The molecule has 8 bridgehead atoms. The van der Waals surface area contributed by atoms with Gasteiger partial charge in [-0.15, -0.1) is 11.3 Å². The SMILES string of the molecule is O=C1NCCCN2CCS(=O)(=O)c3cc(sc3C2=O)-c2nc(ncc2C(F)(F)F)Nc2cc3c(cc2Cl)CNC1C3. The molecule has 3 aliphatic rings. The summed E-state index contributed by atoms with van der Waals surface area (Å²) in [6, 6.07) is 3.95. The number of sulfone groups is 1. The summed E-state index contributed by atoms with van der Waals surface area (Å²) in [5.74, 6) is -1.44. The predicted octanol–water partition coefficient (Wildman–Crippen LogP) is 3.38. The molecule has 3 aliphatic heterocycles. The molecule has 216 valence electrons. The number of carbonyl (C=O) groups is 2. The van der Waals surface area contributed by atoms with Gasteiger partial charge >= 0.3 is 6.18 Å². The molecule has 2 amide bonds. The molecule has 0 radical (unpaired) electrons. The van der Waals surface area contributed by atoms with E-state index < -0.39 is 39.2 Å². The molecule has 0 fully saturated rings. The summed E-state index contributed by atoms with van der Waals surface area (Å²) in [4.78, 5) is 34.9. The first kappa shape index (κ1) is 27.9. The first-order valence-corrected chi connectivity index (χ1v) is 15.5. The molecule has 3 aromatic rings. The van der Waals surface area contributed by atoms with Crippen molar-refractivity contribution in [2.75, 3.05) is 30.7 Å². The van der Waals surface area contributed by atoms with E-state index in [1.807, 2.05) is 0 Å². The lowest BCUT2D eigenvalue weighted by Crippen LogP contribution is -2.48. The van der Waals surface area contributed by atoms with E-state index in [0.717, 1.165) is 17.2 Å². The lowest BCUT2D eigenvalue weighted by atomic mass is 9.94. The summed E-state index contributed by atoms with van der Waals surface area (Å²) in [6.45, 7) is 0.699. The Morgan fingerprint density at radius 2 is 1.93 bits per heavy atom. The smallest absolute Gasteiger partial charge is 0.355 e. The third kappa shape index (κ3) is 5.27. The van der Waals surface area contributed by atoms with Crippen molar-refractivity contribution in [1.29, 1.82) is 0 Å². The normalized spacial score (nSPS) is 20.5. The Labute approximate surface area is 241 Å². The van der Waals surface area contributed by atoms with Crippen LogP contribution in [0.2, 0.25) is 5.02 Å². The van der Waals surface area contributed by atoms with Gasteiger partial charge in [-0.25, -0.2) is 18.4 Å². The zero-order chi connectivity index (χ0) is 29.1. The summed E-state index contributed by atoms with van der Waals surface area (Å²) in [5, 5.41) is 9.16. The van der Waals surface area contributed by atoms with Crippen molar-refractivity contribution >= 4 is 56.2 Å². The van der Waals surface area contributed by atoms with E-state index in [1.54, 1.807) is 12.1 Å². The molecule has 10 nitrogen and oxygen atoms in total. The molecule has 3 N–H and O–H groups in total. The van der Waals surface area contributed by atoms with E-state index in [0.29, 0.717) is 42.6 Å². The third-order valence-electron chi connectivity index (χ3n) is 7.19. The summed E-state index contributed by atoms with van der Waals surface area (Å²) < 4.78 is 68.3. The first-order chi connectivity index (χ1) is 19.4. The van der Waals surface area contributed by atoms with Gasteiger partial charge in [0.2, 0.25) is 11.9 Å². The monoisotopic (exact) mass is 626 g/mol. The molecule has 0 spiro atoms. The molecule has 41 heavy (non-hydrogen) atoms.